The van der Waals surface area contributed by atoms with Crippen molar-refractivity contribution >= 4 is 15.7 Å². The summed E-state index contributed by atoms with van der Waals surface area (Å²) in [6.07, 6.45) is 0. The highest BCUT2D eigenvalue weighted by atomic mass is 32.2. The Bertz CT molecular complexity index is 752. The quantitative estimate of drug-likeness (QED) is 0.913. The third-order valence-corrected chi connectivity index (χ3v) is 4.79. The van der Waals surface area contributed by atoms with Gasteiger partial charge in [-0.15, -0.1) is 0 Å². The van der Waals surface area contributed by atoms with E-state index in [1.807, 2.05) is 0 Å². The van der Waals surface area contributed by atoms with Gasteiger partial charge in [-0.25, -0.2) is 8.42 Å². The summed E-state index contributed by atoms with van der Waals surface area (Å²) in [5, 5.41) is 9.87. The zero-order chi connectivity index (χ0) is 14.9. The number of aromatic hydroxyl groups is 1. The molecule has 0 radical (unpaired) electrons. The molecule has 2 aromatic carbocycles. The maximum absolute atomic E-state index is 12.4. The van der Waals surface area contributed by atoms with Gasteiger partial charge in [-0.2, -0.15) is 0 Å². The Morgan fingerprint density at radius 1 is 0.950 bits per heavy atom. The molecular formula is C15H17NO3S. The zero-order valence-electron chi connectivity index (χ0n) is 11.6. The zero-order valence-corrected chi connectivity index (χ0v) is 12.5. The minimum atomic E-state index is -3.66. The molecule has 0 aliphatic rings. The van der Waals surface area contributed by atoms with Crippen molar-refractivity contribution in [1.82, 2.24) is 0 Å². The highest BCUT2D eigenvalue weighted by molar-refractivity contribution is 7.92. The van der Waals surface area contributed by atoms with Crippen LogP contribution in [0.4, 0.5) is 5.69 Å². The van der Waals surface area contributed by atoms with E-state index >= 15 is 0 Å². The van der Waals surface area contributed by atoms with Gasteiger partial charge in [-0.05, 0) is 44.0 Å². The maximum atomic E-state index is 12.4. The molecule has 2 N–H and O–H groups in total. The molecule has 0 aromatic heterocycles. The predicted octanol–water partition coefficient (Wildman–Crippen LogP) is 3.12. The fraction of sp³-hybridized carbons (Fsp3) is 0.200. The van der Waals surface area contributed by atoms with Crippen LogP contribution in [0.3, 0.4) is 0 Å². The molecule has 0 saturated heterocycles. The number of aryl methyl sites for hydroxylation is 2. The van der Waals surface area contributed by atoms with Crippen LogP contribution in [0, 0.1) is 20.8 Å². The third kappa shape index (κ3) is 2.63. The second-order valence-corrected chi connectivity index (χ2v) is 6.43. The Kier molecular flexibility index (Phi) is 3.72. The molecule has 0 aliphatic carbocycles. The standard InChI is InChI=1S/C15H17NO3S/c1-10-6-4-5-7-14(10)20(18,19)16-13-9-8-11(2)15(17)12(13)3/h4-9,16-17H,1-3H3. The van der Waals surface area contributed by atoms with Gasteiger partial charge in [0.15, 0.2) is 0 Å². The van der Waals surface area contributed by atoms with Crippen molar-refractivity contribution in [2.24, 2.45) is 0 Å². The van der Waals surface area contributed by atoms with Gasteiger partial charge < -0.3 is 5.11 Å². The Hall–Kier alpha value is -2.01. The molecule has 0 heterocycles. The van der Waals surface area contributed by atoms with E-state index in [0.29, 0.717) is 22.4 Å². The number of rotatable bonds is 3. The summed E-state index contributed by atoms with van der Waals surface area (Å²) in [6, 6.07) is 10.1. The van der Waals surface area contributed by atoms with Crippen LogP contribution < -0.4 is 4.72 Å². The molecule has 0 spiro atoms. The van der Waals surface area contributed by atoms with Crippen LogP contribution in [0.2, 0.25) is 0 Å². The first kappa shape index (κ1) is 14.4. The number of hydrogen-bond donors (Lipinski definition) is 2. The summed E-state index contributed by atoms with van der Waals surface area (Å²) in [7, 11) is -3.66. The lowest BCUT2D eigenvalue weighted by Gasteiger charge is -2.14. The van der Waals surface area contributed by atoms with E-state index in [4.69, 9.17) is 0 Å². The molecule has 2 rings (SSSR count). The summed E-state index contributed by atoms with van der Waals surface area (Å²) >= 11 is 0. The van der Waals surface area contributed by atoms with Gasteiger partial charge in [0, 0.05) is 5.56 Å². The number of phenols is 1. The molecule has 2 aromatic rings. The van der Waals surface area contributed by atoms with Gasteiger partial charge >= 0.3 is 0 Å². The first-order valence-electron chi connectivity index (χ1n) is 6.20. The summed E-state index contributed by atoms with van der Waals surface area (Å²) in [5.41, 5.74) is 2.29. The lowest BCUT2D eigenvalue weighted by atomic mass is 10.1. The van der Waals surface area contributed by atoms with Crippen LogP contribution in [0.25, 0.3) is 0 Å². The molecule has 0 aliphatic heterocycles. The van der Waals surface area contributed by atoms with E-state index in [2.05, 4.69) is 4.72 Å². The van der Waals surface area contributed by atoms with E-state index in [1.165, 1.54) is 0 Å². The molecule has 0 atom stereocenters. The average molecular weight is 291 g/mol. The number of phenolic OH excluding ortho intramolecular Hbond substituents is 1. The summed E-state index contributed by atoms with van der Waals surface area (Å²) in [5.74, 6) is 0.106. The Labute approximate surface area is 119 Å². The van der Waals surface area contributed by atoms with Crippen LogP contribution >= 0.6 is 0 Å². The SMILES string of the molecule is Cc1ccccc1S(=O)(=O)Nc1ccc(C)c(O)c1C. The van der Waals surface area contributed by atoms with Crippen LogP contribution in [0.5, 0.6) is 5.75 Å². The van der Waals surface area contributed by atoms with Crippen molar-refractivity contribution in [3.05, 3.63) is 53.1 Å². The molecule has 20 heavy (non-hydrogen) atoms. The molecule has 0 amide bonds. The molecule has 5 heteroatoms. The second-order valence-electron chi connectivity index (χ2n) is 4.77. The van der Waals surface area contributed by atoms with Crippen molar-refractivity contribution in [3.8, 4) is 5.75 Å². The van der Waals surface area contributed by atoms with Crippen molar-refractivity contribution in [2.75, 3.05) is 4.72 Å². The van der Waals surface area contributed by atoms with E-state index in [-0.39, 0.29) is 10.6 Å². The van der Waals surface area contributed by atoms with Gasteiger partial charge in [-0.3, -0.25) is 4.72 Å². The van der Waals surface area contributed by atoms with Crippen LogP contribution in [0.1, 0.15) is 16.7 Å². The fourth-order valence-electron chi connectivity index (χ4n) is 2.00. The van der Waals surface area contributed by atoms with Gasteiger partial charge in [0.05, 0.1) is 10.6 Å². The monoisotopic (exact) mass is 291 g/mol. The summed E-state index contributed by atoms with van der Waals surface area (Å²) in [4.78, 5) is 0.236. The minimum Gasteiger partial charge on any atom is -0.507 e. The number of nitrogens with one attached hydrogen (secondary N) is 1. The molecule has 106 valence electrons. The van der Waals surface area contributed by atoms with Gasteiger partial charge in [0.1, 0.15) is 5.75 Å². The fourth-order valence-corrected chi connectivity index (χ4v) is 3.37. The normalized spacial score (nSPS) is 11.3. The Balaban J connectivity index is 2.45. The lowest BCUT2D eigenvalue weighted by Crippen LogP contribution is -2.15. The predicted molar refractivity (Wildman–Crippen MR) is 79.6 cm³/mol. The number of sulfonamides is 1. The van der Waals surface area contributed by atoms with Gasteiger partial charge in [0.2, 0.25) is 0 Å². The number of benzene rings is 2. The highest BCUT2D eigenvalue weighted by Crippen LogP contribution is 2.30. The Morgan fingerprint density at radius 2 is 1.60 bits per heavy atom. The average Bonchev–Trinajstić information content (AvgIpc) is 2.40. The topological polar surface area (TPSA) is 66.4 Å². The second kappa shape index (κ2) is 5.17. The summed E-state index contributed by atoms with van der Waals surface area (Å²) in [6.45, 7) is 5.19. The maximum Gasteiger partial charge on any atom is 0.262 e. The van der Waals surface area contributed by atoms with E-state index in [9.17, 15) is 13.5 Å². The molecule has 0 saturated carbocycles. The van der Waals surface area contributed by atoms with E-state index < -0.39 is 10.0 Å². The van der Waals surface area contributed by atoms with Crippen molar-refractivity contribution < 1.29 is 13.5 Å². The van der Waals surface area contributed by atoms with Crippen LogP contribution in [0.15, 0.2) is 41.3 Å². The third-order valence-electron chi connectivity index (χ3n) is 3.26. The smallest absolute Gasteiger partial charge is 0.262 e. The van der Waals surface area contributed by atoms with Crippen molar-refractivity contribution in [2.45, 2.75) is 25.7 Å². The molecular weight excluding hydrogens is 274 g/mol. The molecule has 4 nitrogen and oxygen atoms in total. The highest BCUT2D eigenvalue weighted by Gasteiger charge is 2.18. The first-order valence-corrected chi connectivity index (χ1v) is 7.69. The van der Waals surface area contributed by atoms with Crippen LogP contribution in [-0.2, 0) is 10.0 Å². The van der Waals surface area contributed by atoms with Crippen molar-refractivity contribution in [1.29, 1.82) is 0 Å². The number of anilines is 1. The first-order chi connectivity index (χ1) is 9.33. The van der Waals surface area contributed by atoms with Gasteiger partial charge in [0.25, 0.3) is 10.0 Å². The summed E-state index contributed by atoms with van der Waals surface area (Å²) < 4.78 is 27.3. The van der Waals surface area contributed by atoms with E-state index in [0.717, 1.165) is 0 Å². The van der Waals surface area contributed by atoms with Gasteiger partial charge in [-0.1, -0.05) is 24.3 Å². The number of hydrogen-bond acceptors (Lipinski definition) is 3. The van der Waals surface area contributed by atoms with E-state index in [1.54, 1.807) is 57.2 Å². The molecule has 0 unspecified atom stereocenters. The lowest BCUT2D eigenvalue weighted by molar-refractivity contribution is 0.467. The Morgan fingerprint density at radius 3 is 2.25 bits per heavy atom. The molecule has 0 bridgehead atoms. The van der Waals surface area contributed by atoms with Crippen LogP contribution in [-0.4, -0.2) is 13.5 Å². The molecule has 0 fully saturated rings. The van der Waals surface area contributed by atoms with Crippen molar-refractivity contribution in [3.63, 3.8) is 0 Å². The largest absolute Gasteiger partial charge is 0.507 e. The minimum absolute atomic E-state index is 0.106.